The first-order valence-electron chi connectivity index (χ1n) is 8.68. The van der Waals surface area contributed by atoms with Crippen LogP contribution < -0.4 is 4.90 Å². The molecule has 0 bridgehead atoms. The van der Waals surface area contributed by atoms with Crippen molar-refractivity contribution in [3.8, 4) is 0 Å². The smallest absolute Gasteiger partial charge is 0.0654 e. The van der Waals surface area contributed by atoms with Gasteiger partial charge in [0.15, 0.2) is 0 Å². The molecule has 1 saturated heterocycles. The van der Waals surface area contributed by atoms with Crippen molar-refractivity contribution in [2.45, 2.75) is 12.3 Å². The minimum atomic E-state index is 0. The highest BCUT2D eigenvalue weighted by Gasteiger charge is 2.39. The molecule has 1 saturated carbocycles. The Morgan fingerprint density at radius 3 is 2.32 bits per heavy atom. The van der Waals surface area contributed by atoms with E-state index in [1.165, 1.54) is 18.5 Å². The minimum absolute atomic E-state index is 0. The monoisotopic (exact) mass is 440 g/mol. The quantitative estimate of drug-likeness (QED) is 0.618. The summed E-state index contributed by atoms with van der Waals surface area (Å²) in [6.07, 6.45) is 1.34. The van der Waals surface area contributed by atoms with Crippen LogP contribution in [0.3, 0.4) is 0 Å². The molecule has 2 fully saturated rings. The third-order valence-electron chi connectivity index (χ3n) is 5.27. The van der Waals surface area contributed by atoms with E-state index < -0.39 is 0 Å². The number of hydrogen-bond donors (Lipinski definition) is 0. The van der Waals surface area contributed by atoms with Crippen LogP contribution in [0.15, 0.2) is 48.5 Å². The molecule has 1 aliphatic heterocycles. The van der Waals surface area contributed by atoms with Crippen LogP contribution in [0.2, 0.25) is 10.0 Å². The lowest BCUT2D eigenvalue weighted by Crippen LogP contribution is -2.47. The molecule has 2 unspecified atom stereocenters. The number of anilines is 1. The van der Waals surface area contributed by atoms with Gasteiger partial charge in [-0.1, -0.05) is 53.5 Å². The molecule has 4 rings (SSSR count). The molecule has 2 aromatic rings. The normalized spacial score (nSPS) is 23.2. The van der Waals surface area contributed by atoms with Crippen molar-refractivity contribution in [2.75, 3.05) is 37.6 Å². The first-order chi connectivity index (χ1) is 11.7. The van der Waals surface area contributed by atoms with E-state index >= 15 is 0 Å². The van der Waals surface area contributed by atoms with Gasteiger partial charge in [0.1, 0.15) is 0 Å². The van der Waals surface area contributed by atoms with E-state index in [9.17, 15) is 0 Å². The summed E-state index contributed by atoms with van der Waals surface area (Å²) in [5, 5.41) is 1.45. The molecule has 2 aromatic carbocycles. The van der Waals surface area contributed by atoms with Gasteiger partial charge in [-0.2, -0.15) is 0 Å². The topological polar surface area (TPSA) is 6.48 Å². The average molecular weight is 442 g/mol. The van der Waals surface area contributed by atoms with E-state index in [4.69, 9.17) is 23.2 Å². The lowest BCUT2D eigenvalue weighted by atomic mass is 10.1. The second-order valence-corrected chi connectivity index (χ2v) is 7.74. The van der Waals surface area contributed by atoms with E-state index in [0.717, 1.165) is 48.7 Å². The lowest BCUT2D eigenvalue weighted by Gasteiger charge is -2.36. The van der Waals surface area contributed by atoms with Gasteiger partial charge in [0, 0.05) is 37.7 Å². The van der Waals surface area contributed by atoms with E-state index in [-0.39, 0.29) is 17.0 Å². The van der Waals surface area contributed by atoms with E-state index in [2.05, 4.69) is 40.1 Å². The van der Waals surface area contributed by atoms with Crippen LogP contribution in [0.5, 0.6) is 0 Å². The summed E-state index contributed by atoms with van der Waals surface area (Å²) in [5.74, 6) is 1.60. The zero-order valence-corrected chi connectivity index (χ0v) is 17.3. The second-order valence-electron chi connectivity index (χ2n) is 6.90. The van der Waals surface area contributed by atoms with Crippen molar-refractivity contribution >= 4 is 45.9 Å². The maximum atomic E-state index is 6.34. The fraction of sp³-hybridized carbons (Fsp3) is 0.400. The molecule has 0 aromatic heterocycles. The van der Waals surface area contributed by atoms with Gasteiger partial charge in [0.25, 0.3) is 0 Å². The molecule has 134 valence electrons. The van der Waals surface area contributed by atoms with Gasteiger partial charge in [0.2, 0.25) is 0 Å². The number of piperazine rings is 1. The third kappa shape index (κ3) is 4.51. The van der Waals surface area contributed by atoms with Crippen LogP contribution in [0.4, 0.5) is 5.69 Å². The Hall–Kier alpha value is -0.740. The molecule has 5 heteroatoms. The summed E-state index contributed by atoms with van der Waals surface area (Å²) in [5.41, 5.74) is 2.61. The van der Waals surface area contributed by atoms with Gasteiger partial charge in [-0.3, -0.25) is 4.90 Å². The number of rotatable bonds is 4. The second kappa shape index (κ2) is 8.30. The van der Waals surface area contributed by atoms with Crippen LogP contribution in [0, 0.1) is 5.92 Å². The molecular formula is C20H23BrCl2N2. The van der Waals surface area contributed by atoms with Crippen LogP contribution in [0.25, 0.3) is 0 Å². The largest absolute Gasteiger partial charge is 0.368 e. The molecule has 2 aliphatic rings. The van der Waals surface area contributed by atoms with Gasteiger partial charge < -0.3 is 4.90 Å². The fourth-order valence-corrected chi connectivity index (χ4v) is 4.33. The summed E-state index contributed by atoms with van der Waals surface area (Å²) in [6, 6.07) is 16.7. The maximum absolute atomic E-state index is 6.34. The number of nitrogens with zero attached hydrogens (tertiary/aromatic N) is 2. The summed E-state index contributed by atoms with van der Waals surface area (Å²) in [4.78, 5) is 4.98. The summed E-state index contributed by atoms with van der Waals surface area (Å²) in [7, 11) is 0. The van der Waals surface area contributed by atoms with Gasteiger partial charge in [-0.15, -0.1) is 17.0 Å². The highest BCUT2D eigenvalue weighted by atomic mass is 79.9. The van der Waals surface area contributed by atoms with Crippen LogP contribution >= 0.6 is 40.2 Å². The summed E-state index contributed by atoms with van der Waals surface area (Å²) >= 11 is 12.3. The molecule has 1 aliphatic carbocycles. The zero-order chi connectivity index (χ0) is 16.5. The lowest BCUT2D eigenvalue weighted by molar-refractivity contribution is 0.246. The van der Waals surface area contributed by atoms with Gasteiger partial charge in [-0.05, 0) is 42.0 Å². The van der Waals surface area contributed by atoms with E-state index in [0.29, 0.717) is 5.02 Å². The fourth-order valence-electron chi connectivity index (χ4n) is 3.80. The highest BCUT2D eigenvalue weighted by Crippen LogP contribution is 2.47. The van der Waals surface area contributed by atoms with Gasteiger partial charge >= 0.3 is 0 Å². The summed E-state index contributed by atoms with van der Waals surface area (Å²) in [6.45, 7) is 5.50. The molecule has 25 heavy (non-hydrogen) atoms. The molecule has 0 amide bonds. The number of hydrogen-bond acceptors (Lipinski definition) is 2. The van der Waals surface area contributed by atoms with Crippen molar-refractivity contribution < 1.29 is 0 Å². The Labute approximate surface area is 170 Å². The van der Waals surface area contributed by atoms with E-state index in [1.807, 2.05) is 18.2 Å². The van der Waals surface area contributed by atoms with Gasteiger partial charge in [-0.25, -0.2) is 0 Å². The van der Waals surface area contributed by atoms with E-state index in [1.54, 1.807) is 0 Å². The van der Waals surface area contributed by atoms with Crippen LogP contribution in [0.1, 0.15) is 17.9 Å². The minimum Gasteiger partial charge on any atom is -0.368 e. The Morgan fingerprint density at radius 1 is 0.920 bits per heavy atom. The Bertz CT molecular complexity index is 702. The third-order valence-corrected chi connectivity index (χ3v) is 5.80. The average Bonchev–Trinajstić information content (AvgIpc) is 3.36. The number of benzene rings is 2. The van der Waals surface area contributed by atoms with Crippen molar-refractivity contribution in [1.29, 1.82) is 0 Å². The van der Waals surface area contributed by atoms with Crippen molar-refractivity contribution in [3.05, 3.63) is 64.1 Å². The van der Waals surface area contributed by atoms with Crippen molar-refractivity contribution in [1.82, 2.24) is 4.90 Å². The van der Waals surface area contributed by atoms with Crippen molar-refractivity contribution in [3.63, 3.8) is 0 Å². The SMILES string of the molecule is Br.Clc1ccc(N2CCN(CC3CC3c3ccccc3)CC2)c(Cl)c1. The zero-order valence-electron chi connectivity index (χ0n) is 14.1. The highest BCUT2D eigenvalue weighted by molar-refractivity contribution is 8.93. The maximum Gasteiger partial charge on any atom is 0.0654 e. The predicted molar refractivity (Wildman–Crippen MR) is 113 cm³/mol. The molecule has 2 atom stereocenters. The van der Waals surface area contributed by atoms with Crippen LogP contribution in [-0.4, -0.2) is 37.6 Å². The predicted octanol–water partition coefficient (Wildman–Crippen LogP) is 5.50. The van der Waals surface area contributed by atoms with Crippen molar-refractivity contribution in [2.24, 2.45) is 5.92 Å². The molecule has 2 nitrogen and oxygen atoms in total. The molecular weight excluding hydrogens is 419 g/mol. The molecule has 0 N–H and O–H groups in total. The Balaban J connectivity index is 0.00000182. The van der Waals surface area contributed by atoms with Gasteiger partial charge in [0.05, 0.1) is 10.7 Å². The summed E-state index contributed by atoms with van der Waals surface area (Å²) < 4.78 is 0. The Kier molecular flexibility index (Phi) is 6.32. The first-order valence-corrected chi connectivity index (χ1v) is 9.43. The molecule has 1 heterocycles. The molecule has 0 radical (unpaired) electrons. The first kappa shape index (κ1) is 19.0. The molecule has 0 spiro atoms. The Morgan fingerprint density at radius 2 is 1.64 bits per heavy atom. The van der Waals surface area contributed by atoms with Crippen LogP contribution in [-0.2, 0) is 0 Å². The standard InChI is InChI=1S/C20H22Cl2N2.BrH/c21-17-6-7-20(19(22)13-17)24-10-8-23(9-11-24)14-16-12-18(16)15-4-2-1-3-5-15;/h1-7,13,16,18H,8-12,14H2;1H. The number of halogens is 3.